The number of aryl methyl sites for hydroxylation is 2. The van der Waals surface area contributed by atoms with E-state index in [2.05, 4.69) is 15.0 Å². The van der Waals surface area contributed by atoms with Gasteiger partial charge < -0.3 is 19.4 Å². The van der Waals surface area contributed by atoms with Gasteiger partial charge in [-0.3, -0.25) is 4.79 Å². The number of ether oxygens (including phenoxy) is 2. The molecule has 0 bridgehead atoms. The number of hydrogen-bond acceptors (Lipinski definition) is 6. The van der Waals surface area contributed by atoms with Crippen LogP contribution in [-0.4, -0.2) is 35.6 Å². The summed E-state index contributed by atoms with van der Waals surface area (Å²) >= 11 is 1.25. The monoisotopic (exact) mass is 373 g/mol. The van der Waals surface area contributed by atoms with E-state index < -0.39 is 5.97 Å². The number of rotatable bonds is 6. The lowest BCUT2D eigenvalue weighted by Crippen LogP contribution is -2.14. The second-order valence-electron chi connectivity index (χ2n) is 5.62. The largest absolute Gasteiger partial charge is 0.496 e. The Bertz CT molecular complexity index is 961. The molecule has 1 amide bonds. The number of amides is 1. The summed E-state index contributed by atoms with van der Waals surface area (Å²) in [6.07, 6.45) is 2.22. The molecule has 2 heterocycles. The molecular formula is C18H19N3O4S. The first-order valence-corrected chi connectivity index (χ1v) is 8.82. The molecule has 8 heteroatoms. The lowest BCUT2D eigenvalue weighted by Gasteiger charge is -2.07. The van der Waals surface area contributed by atoms with Crippen LogP contribution >= 0.6 is 11.3 Å². The highest BCUT2D eigenvalue weighted by Gasteiger charge is 2.17. The molecule has 0 saturated carbocycles. The number of benzene rings is 1. The fourth-order valence-corrected chi connectivity index (χ4v) is 3.53. The summed E-state index contributed by atoms with van der Waals surface area (Å²) in [6, 6.07) is 7.79. The molecule has 0 radical (unpaired) electrons. The van der Waals surface area contributed by atoms with Crippen LogP contribution in [0.2, 0.25) is 0 Å². The number of carbonyl (C=O) groups is 2. The van der Waals surface area contributed by atoms with Gasteiger partial charge in [-0.15, -0.1) is 11.3 Å². The molecule has 3 rings (SSSR count). The predicted molar refractivity (Wildman–Crippen MR) is 99.9 cm³/mol. The predicted octanol–water partition coefficient (Wildman–Crippen LogP) is 3.23. The number of nitrogens with zero attached hydrogens (tertiary/aromatic N) is 2. The molecule has 0 saturated heterocycles. The van der Waals surface area contributed by atoms with Crippen LogP contribution < -0.4 is 10.1 Å². The van der Waals surface area contributed by atoms with Crippen molar-refractivity contribution in [1.29, 1.82) is 0 Å². The van der Waals surface area contributed by atoms with Crippen molar-refractivity contribution in [2.75, 3.05) is 19.5 Å². The minimum Gasteiger partial charge on any atom is -0.496 e. The number of fused-ring (bicyclic) bond motifs is 1. The van der Waals surface area contributed by atoms with Crippen molar-refractivity contribution < 1.29 is 19.1 Å². The molecule has 7 nitrogen and oxygen atoms in total. The van der Waals surface area contributed by atoms with Crippen LogP contribution in [0.4, 0.5) is 5.13 Å². The van der Waals surface area contributed by atoms with E-state index in [4.69, 9.17) is 4.74 Å². The molecule has 0 fully saturated rings. The molecule has 0 spiro atoms. The van der Waals surface area contributed by atoms with E-state index in [-0.39, 0.29) is 18.0 Å². The van der Waals surface area contributed by atoms with E-state index in [9.17, 15) is 9.59 Å². The van der Waals surface area contributed by atoms with Crippen LogP contribution in [0.15, 0.2) is 30.5 Å². The molecule has 26 heavy (non-hydrogen) atoms. The van der Waals surface area contributed by atoms with Crippen molar-refractivity contribution in [3.8, 4) is 5.75 Å². The quantitative estimate of drug-likeness (QED) is 0.671. The van der Waals surface area contributed by atoms with Crippen LogP contribution in [0.5, 0.6) is 5.75 Å². The van der Waals surface area contributed by atoms with E-state index in [0.717, 1.165) is 16.7 Å². The number of esters is 1. The summed E-state index contributed by atoms with van der Waals surface area (Å²) < 4.78 is 12.0. The third kappa shape index (κ3) is 3.55. The Kier molecular flexibility index (Phi) is 5.22. The van der Waals surface area contributed by atoms with E-state index in [1.165, 1.54) is 18.4 Å². The van der Waals surface area contributed by atoms with Gasteiger partial charge in [0, 0.05) is 29.4 Å². The van der Waals surface area contributed by atoms with Crippen LogP contribution in [0.25, 0.3) is 10.9 Å². The van der Waals surface area contributed by atoms with Crippen molar-refractivity contribution in [3.05, 3.63) is 41.0 Å². The lowest BCUT2D eigenvalue weighted by atomic mass is 10.2. The molecular weight excluding hydrogens is 354 g/mol. The highest BCUT2D eigenvalue weighted by Crippen LogP contribution is 2.26. The second kappa shape index (κ2) is 7.57. The van der Waals surface area contributed by atoms with Crippen LogP contribution in [0, 0.1) is 6.92 Å². The SMILES string of the molecule is COC(=O)c1nc(NC(=O)CCn2ccc3c(OC)cccc32)sc1C. The van der Waals surface area contributed by atoms with Crippen molar-refractivity contribution in [1.82, 2.24) is 9.55 Å². The maximum absolute atomic E-state index is 12.2. The van der Waals surface area contributed by atoms with E-state index in [1.54, 1.807) is 14.0 Å². The minimum atomic E-state index is -0.507. The van der Waals surface area contributed by atoms with Gasteiger partial charge in [0.2, 0.25) is 5.91 Å². The lowest BCUT2D eigenvalue weighted by molar-refractivity contribution is -0.116. The number of aromatic nitrogens is 2. The Balaban J connectivity index is 1.66. The van der Waals surface area contributed by atoms with Gasteiger partial charge >= 0.3 is 5.97 Å². The standard InChI is InChI=1S/C18H19N3O4S/c1-11-16(17(23)25-3)20-18(26-11)19-15(22)8-10-21-9-7-12-13(21)5-4-6-14(12)24-2/h4-7,9H,8,10H2,1-3H3,(H,19,20,22). The number of anilines is 1. The molecule has 1 N–H and O–H groups in total. The molecule has 3 aromatic rings. The van der Waals surface area contributed by atoms with Crippen LogP contribution in [0.1, 0.15) is 21.8 Å². The smallest absolute Gasteiger partial charge is 0.357 e. The number of thiazole rings is 1. The molecule has 1 aromatic carbocycles. The zero-order chi connectivity index (χ0) is 18.7. The molecule has 136 valence electrons. The second-order valence-corrected chi connectivity index (χ2v) is 6.82. The summed E-state index contributed by atoms with van der Waals surface area (Å²) in [5.74, 6) is 0.131. The summed E-state index contributed by atoms with van der Waals surface area (Å²) in [7, 11) is 2.94. The van der Waals surface area contributed by atoms with Gasteiger partial charge in [-0.1, -0.05) is 6.07 Å². The molecule has 0 unspecified atom stereocenters. The number of carbonyl (C=O) groups excluding carboxylic acids is 2. The number of methoxy groups -OCH3 is 2. The summed E-state index contributed by atoms with van der Waals surface area (Å²) in [5, 5.41) is 4.14. The maximum Gasteiger partial charge on any atom is 0.357 e. The Hall–Kier alpha value is -2.87. The van der Waals surface area contributed by atoms with Crippen molar-refractivity contribution in [2.24, 2.45) is 0 Å². The Morgan fingerprint density at radius 3 is 2.81 bits per heavy atom. The highest BCUT2D eigenvalue weighted by atomic mass is 32.1. The first-order valence-electron chi connectivity index (χ1n) is 8.01. The maximum atomic E-state index is 12.2. The minimum absolute atomic E-state index is 0.167. The zero-order valence-electron chi connectivity index (χ0n) is 14.7. The van der Waals surface area contributed by atoms with Gasteiger partial charge in [-0.25, -0.2) is 9.78 Å². The van der Waals surface area contributed by atoms with E-state index in [1.807, 2.05) is 35.0 Å². The Labute approximate surface area is 154 Å². The fraction of sp³-hybridized carbons (Fsp3) is 0.278. The summed E-state index contributed by atoms with van der Waals surface area (Å²) in [6.45, 7) is 2.29. The Morgan fingerprint density at radius 2 is 2.08 bits per heavy atom. The van der Waals surface area contributed by atoms with Gasteiger partial charge in [0.15, 0.2) is 10.8 Å². The molecule has 0 aliphatic carbocycles. The number of nitrogens with one attached hydrogen (secondary N) is 1. The Morgan fingerprint density at radius 1 is 1.27 bits per heavy atom. The molecule has 0 atom stereocenters. The fourth-order valence-electron chi connectivity index (χ4n) is 2.71. The van der Waals surface area contributed by atoms with Gasteiger partial charge in [0.05, 0.1) is 19.7 Å². The van der Waals surface area contributed by atoms with Gasteiger partial charge in [0.1, 0.15) is 5.75 Å². The van der Waals surface area contributed by atoms with Gasteiger partial charge in [0.25, 0.3) is 0 Å². The first-order chi connectivity index (χ1) is 12.5. The van der Waals surface area contributed by atoms with Crippen molar-refractivity contribution in [2.45, 2.75) is 19.9 Å². The normalized spacial score (nSPS) is 10.7. The van der Waals surface area contributed by atoms with Crippen molar-refractivity contribution >= 4 is 39.2 Å². The van der Waals surface area contributed by atoms with Gasteiger partial charge in [-0.2, -0.15) is 0 Å². The molecule has 0 aliphatic heterocycles. The average Bonchev–Trinajstić information content (AvgIpc) is 3.22. The number of hydrogen-bond donors (Lipinski definition) is 1. The van der Waals surface area contributed by atoms with Crippen LogP contribution in [0.3, 0.4) is 0 Å². The third-order valence-electron chi connectivity index (χ3n) is 4.00. The summed E-state index contributed by atoms with van der Waals surface area (Å²) in [4.78, 5) is 28.6. The third-order valence-corrected chi connectivity index (χ3v) is 4.88. The first kappa shape index (κ1) is 17.9. The van der Waals surface area contributed by atoms with Gasteiger partial charge in [-0.05, 0) is 25.1 Å². The molecule has 2 aromatic heterocycles. The van der Waals surface area contributed by atoms with E-state index >= 15 is 0 Å². The van der Waals surface area contributed by atoms with Crippen LogP contribution in [-0.2, 0) is 16.1 Å². The van der Waals surface area contributed by atoms with E-state index in [0.29, 0.717) is 16.6 Å². The zero-order valence-corrected chi connectivity index (χ0v) is 15.6. The highest BCUT2D eigenvalue weighted by molar-refractivity contribution is 7.16. The van der Waals surface area contributed by atoms with Crippen molar-refractivity contribution in [3.63, 3.8) is 0 Å². The molecule has 0 aliphatic rings. The topological polar surface area (TPSA) is 82.5 Å². The average molecular weight is 373 g/mol. The summed E-state index contributed by atoms with van der Waals surface area (Å²) in [5.41, 5.74) is 1.24.